The van der Waals surface area contributed by atoms with Gasteiger partial charge in [0.05, 0.1) is 6.20 Å². The van der Waals surface area contributed by atoms with E-state index in [2.05, 4.69) is 15.2 Å². The molecule has 0 saturated heterocycles. The highest BCUT2D eigenvalue weighted by atomic mass is 19.3. The number of benzene rings is 1. The Bertz CT molecular complexity index is 699. The molecule has 0 amide bonds. The number of aliphatic hydroxyl groups is 1. The fourth-order valence-electron chi connectivity index (χ4n) is 2.44. The van der Waals surface area contributed by atoms with Gasteiger partial charge in [-0.2, -0.15) is 13.9 Å². The minimum Gasteiger partial charge on any atom is -0.434 e. The average molecular weight is 339 g/mol. The van der Waals surface area contributed by atoms with Gasteiger partial charge in [-0.15, -0.1) is 0 Å². The Morgan fingerprint density at radius 3 is 2.58 bits per heavy atom. The minimum absolute atomic E-state index is 0.154. The molecule has 2 aromatic rings. The van der Waals surface area contributed by atoms with Crippen LogP contribution in [0.2, 0.25) is 0 Å². The van der Waals surface area contributed by atoms with Crippen molar-refractivity contribution in [3.63, 3.8) is 0 Å². The number of rotatable bonds is 7. The number of ether oxygens (including phenoxy) is 1. The van der Waals surface area contributed by atoms with Gasteiger partial charge in [-0.05, 0) is 38.0 Å². The Labute approximate surface area is 140 Å². The summed E-state index contributed by atoms with van der Waals surface area (Å²) in [5.74, 6) is 0.154. The number of alkyl halides is 2. The standard InChI is InChI=1S/C17H23F2N3O2/c1-11-5-13(15(6-12(11)2)24-16(18)19)7-20-10-17(3,23)14-8-21-22(4)9-14/h5-6,8-9,16,20,23H,7,10H2,1-4H3. The molecule has 0 aliphatic carbocycles. The monoisotopic (exact) mass is 339 g/mol. The van der Waals surface area contributed by atoms with Crippen molar-refractivity contribution >= 4 is 0 Å². The molecule has 0 spiro atoms. The summed E-state index contributed by atoms with van der Waals surface area (Å²) in [7, 11) is 1.77. The van der Waals surface area contributed by atoms with Crippen molar-refractivity contribution in [2.24, 2.45) is 7.05 Å². The highest BCUT2D eigenvalue weighted by Crippen LogP contribution is 2.25. The molecule has 0 saturated carbocycles. The SMILES string of the molecule is Cc1cc(CNCC(C)(O)c2cnn(C)c2)c(OC(F)F)cc1C. The van der Waals surface area contributed by atoms with Crippen molar-refractivity contribution in [3.05, 3.63) is 46.8 Å². The number of nitrogens with one attached hydrogen (secondary N) is 1. The van der Waals surface area contributed by atoms with Crippen LogP contribution in [0.15, 0.2) is 24.5 Å². The Balaban J connectivity index is 2.07. The van der Waals surface area contributed by atoms with Crippen LogP contribution < -0.4 is 10.1 Å². The van der Waals surface area contributed by atoms with E-state index in [4.69, 9.17) is 0 Å². The van der Waals surface area contributed by atoms with Crippen molar-refractivity contribution in [1.82, 2.24) is 15.1 Å². The van der Waals surface area contributed by atoms with Gasteiger partial charge in [0.15, 0.2) is 0 Å². The molecule has 0 bridgehead atoms. The van der Waals surface area contributed by atoms with Crippen LogP contribution in [0.4, 0.5) is 8.78 Å². The summed E-state index contributed by atoms with van der Waals surface area (Å²) in [6, 6.07) is 3.43. The lowest BCUT2D eigenvalue weighted by molar-refractivity contribution is -0.0506. The Morgan fingerprint density at radius 2 is 2.00 bits per heavy atom. The summed E-state index contributed by atoms with van der Waals surface area (Å²) in [5, 5.41) is 17.7. The van der Waals surface area contributed by atoms with Gasteiger partial charge in [0.1, 0.15) is 11.4 Å². The molecule has 0 aliphatic rings. The highest BCUT2D eigenvalue weighted by molar-refractivity contribution is 5.41. The molecule has 24 heavy (non-hydrogen) atoms. The predicted octanol–water partition coefficient (Wildman–Crippen LogP) is 2.64. The Kier molecular flexibility index (Phi) is 5.56. The van der Waals surface area contributed by atoms with Crippen LogP contribution in [0.5, 0.6) is 5.75 Å². The second-order valence-electron chi connectivity index (χ2n) is 6.20. The first-order valence-corrected chi connectivity index (χ1v) is 7.66. The first-order chi connectivity index (χ1) is 11.2. The molecule has 1 aromatic carbocycles. The van der Waals surface area contributed by atoms with Crippen molar-refractivity contribution in [1.29, 1.82) is 0 Å². The van der Waals surface area contributed by atoms with E-state index in [-0.39, 0.29) is 12.3 Å². The number of nitrogens with zero attached hydrogens (tertiary/aromatic N) is 2. The summed E-state index contributed by atoms with van der Waals surface area (Å²) >= 11 is 0. The van der Waals surface area contributed by atoms with Crippen LogP contribution in [0, 0.1) is 13.8 Å². The van der Waals surface area contributed by atoms with Gasteiger partial charge in [-0.25, -0.2) is 0 Å². The third-order valence-electron chi connectivity index (χ3n) is 4.00. The zero-order valence-electron chi connectivity index (χ0n) is 14.3. The van der Waals surface area contributed by atoms with Gasteiger partial charge in [0.2, 0.25) is 0 Å². The molecule has 1 atom stereocenters. The number of aromatic nitrogens is 2. The summed E-state index contributed by atoms with van der Waals surface area (Å²) in [6.45, 7) is 3.12. The molecule has 5 nitrogen and oxygen atoms in total. The number of hydrogen-bond acceptors (Lipinski definition) is 4. The zero-order valence-corrected chi connectivity index (χ0v) is 14.3. The van der Waals surface area contributed by atoms with Crippen molar-refractivity contribution in [3.8, 4) is 5.75 Å². The Hall–Kier alpha value is -1.99. The molecule has 0 aliphatic heterocycles. The molecule has 0 fully saturated rings. The van der Waals surface area contributed by atoms with Gasteiger partial charge in [-0.3, -0.25) is 4.68 Å². The van der Waals surface area contributed by atoms with E-state index in [1.807, 2.05) is 19.9 Å². The average Bonchev–Trinajstić information content (AvgIpc) is 2.91. The summed E-state index contributed by atoms with van der Waals surface area (Å²) in [4.78, 5) is 0. The van der Waals surface area contributed by atoms with Crippen LogP contribution >= 0.6 is 0 Å². The highest BCUT2D eigenvalue weighted by Gasteiger charge is 2.24. The van der Waals surface area contributed by atoms with Crippen LogP contribution in [-0.4, -0.2) is 28.0 Å². The summed E-state index contributed by atoms with van der Waals surface area (Å²) < 4.78 is 31.4. The van der Waals surface area contributed by atoms with E-state index >= 15 is 0 Å². The molecular formula is C17H23F2N3O2. The molecule has 132 valence electrons. The van der Waals surface area contributed by atoms with Crippen LogP contribution in [-0.2, 0) is 19.2 Å². The quantitative estimate of drug-likeness (QED) is 0.814. The fraction of sp³-hybridized carbons (Fsp3) is 0.471. The molecular weight excluding hydrogens is 316 g/mol. The smallest absolute Gasteiger partial charge is 0.387 e. The zero-order chi connectivity index (χ0) is 17.9. The number of aryl methyl sites for hydroxylation is 3. The largest absolute Gasteiger partial charge is 0.434 e. The van der Waals surface area contributed by atoms with Crippen LogP contribution in [0.3, 0.4) is 0 Å². The first kappa shape index (κ1) is 18.4. The van der Waals surface area contributed by atoms with Gasteiger partial charge >= 0.3 is 6.61 Å². The molecule has 2 rings (SSSR count). The van der Waals surface area contributed by atoms with Crippen LogP contribution in [0.1, 0.15) is 29.2 Å². The third kappa shape index (κ3) is 4.52. The van der Waals surface area contributed by atoms with Gasteiger partial charge in [-0.1, -0.05) is 6.07 Å². The fourth-order valence-corrected chi connectivity index (χ4v) is 2.44. The van der Waals surface area contributed by atoms with E-state index in [9.17, 15) is 13.9 Å². The lowest BCUT2D eigenvalue weighted by Gasteiger charge is -2.23. The lowest BCUT2D eigenvalue weighted by Crippen LogP contribution is -2.35. The van der Waals surface area contributed by atoms with Crippen molar-refractivity contribution in [2.75, 3.05) is 6.54 Å². The molecule has 1 unspecified atom stereocenters. The summed E-state index contributed by atoms with van der Waals surface area (Å²) in [6.07, 6.45) is 3.34. The molecule has 7 heteroatoms. The number of hydrogen-bond donors (Lipinski definition) is 2. The number of halogens is 2. The van der Waals surface area contributed by atoms with Gasteiger partial charge < -0.3 is 15.2 Å². The van der Waals surface area contributed by atoms with E-state index in [1.54, 1.807) is 37.1 Å². The maximum atomic E-state index is 12.6. The van der Waals surface area contributed by atoms with E-state index in [0.29, 0.717) is 17.7 Å². The van der Waals surface area contributed by atoms with E-state index in [1.165, 1.54) is 0 Å². The van der Waals surface area contributed by atoms with Crippen LogP contribution in [0.25, 0.3) is 0 Å². The lowest BCUT2D eigenvalue weighted by atomic mass is 9.99. The Morgan fingerprint density at radius 1 is 1.33 bits per heavy atom. The maximum absolute atomic E-state index is 12.6. The predicted molar refractivity (Wildman–Crippen MR) is 87.0 cm³/mol. The summed E-state index contributed by atoms with van der Waals surface area (Å²) in [5.41, 5.74) is 2.07. The third-order valence-corrected chi connectivity index (χ3v) is 4.00. The maximum Gasteiger partial charge on any atom is 0.387 e. The topological polar surface area (TPSA) is 59.3 Å². The second-order valence-corrected chi connectivity index (χ2v) is 6.20. The normalized spacial score (nSPS) is 14.0. The van der Waals surface area contributed by atoms with Gasteiger partial charge in [0, 0.05) is 37.5 Å². The van der Waals surface area contributed by atoms with E-state index in [0.717, 1.165) is 11.1 Å². The van der Waals surface area contributed by atoms with E-state index < -0.39 is 12.2 Å². The van der Waals surface area contributed by atoms with Crippen molar-refractivity contribution < 1.29 is 18.6 Å². The first-order valence-electron chi connectivity index (χ1n) is 7.66. The minimum atomic E-state index is -2.87. The van der Waals surface area contributed by atoms with Crippen molar-refractivity contribution in [2.45, 2.75) is 39.5 Å². The molecule has 0 radical (unpaired) electrons. The van der Waals surface area contributed by atoms with Gasteiger partial charge in [0.25, 0.3) is 0 Å². The second kappa shape index (κ2) is 7.27. The molecule has 1 aromatic heterocycles. The molecule has 2 N–H and O–H groups in total. The molecule has 1 heterocycles.